The molecule has 7 heteroatoms. The van der Waals surface area contributed by atoms with E-state index in [9.17, 15) is 19.7 Å². The first-order valence-electron chi connectivity index (χ1n) is 12.8. The van der Waals surface area contributed by atoms with Gasteiger partial charge >= 0.3 is 0 Å². The summed E-state index contributed by atoms with van der Waals surface area (Å²) >= 11 is 0. The van der Waals surface area contributed by atoms with Gasteiger partial charge < -0.3 is 5.32 Å². The van der Waals surface area contributed by atoms with Gasteiger partial charge in [-0.2, -0.15) is 0 Å². The number of benzene rings is 3. The lowest BCUT2D eigenvalue weighted by Gasteiger charge is -2.34. The third kappa shape index (κ3) is 4.60. The summed E-state index contributed by atoms with van der Waals surface area (Å²) in [5.41, 5.74) is 5.38. The predicted molar refractivity (Wildman–Crippen MR) is 148 cm³/mol. The van der Waals surface area contributed by atoms with Gasteiger partial charge in [0.25, 0.3) is 5.69 Å². The first-order chi connectivity index (χ1) is 18.0. The number of non-ortho nitro benzene ring substituents is 1. The number of carbonyl (C=O) groups excluding carboxylic acids is 2. The second-order valence-corrected chi connectivity index (χ2v) is 11.1. The first kappa shape index (κ1) is 25.4. The van der Waals surface area contributed by atoms with E-state index in [1.165, 1.54) is 24.6 Å². The summed E-state index contributed by atoms with van der Waals surface area (Å²) in [6.45, 7) is 7.97. The Morgan fingerprint density at radius 3 is 2.34 bits per heavy atom. The molecule has 1 heterocycles. The van der Waals surface area contributed by atoms with Gasteiger partial charge in [0.1, 0.15) is 0 Å². The Morgan fingerprint density at radius 1 is 0.974 bits per heavy atom. The monoisotopic (exact) mass is 509 g/mol. The molecule has 194 valence electrons. The van der Waals surface area contributed by atoms with Crippen molar-refractivity contribution in [3.8, 4) is 0 Å². The van der Waals surface area contributed by atoms with Crippen molar-refractivity contribution in [1.29, 1.82) is 0 Å². The zero-order valence-corrected chi connectivity index (χ0v) is 22.0. The highest BCUT2D eigenvalue weighted by molar-refractivity contribution is 6.06. The lowest BCUT2D eigenvalue weighted by molar-refractivity contribution is -0.384. The molecule has 5 rings (SSSR count). The zero-order chi connectivity index (χ0) is 27.2. The Labute approximate surface area is 222 Å². The Morgan fingerprint density at radius 2 is 1.68 bits per heavy atom. The van der Waals surface area contributed by atoms with Gasteiger partial charge in [-0.3, -0.25) is 24.6 Å². The average molecular weight is 510 g/mol. The van der Waals surface area contributed by atoms with E-state index in [0.29, 0.717) is 29.7 Å². The SMILES string of the molecule is CC(=O)N1c2ccccc2NC2=C(C(=O)C[C@@H](c3ccc(C(C)(C)C)cc3)C2)[C@@H]1c1cccc([N+](=O)[O-])c1. The molecule has 0 spiro atoms. The molecule has 3 aromatic rings. The number of hydrogen-bond acceptors (Lipinski definition) is 5. The van der Waals surface area contributed by atoms with Crippen LogP contribution < -0.4 is 10.2 Å². The Hall–Kier alpha value is -4.26. The van der Waals surface area contributed by atoms with Crippen LogP contribution in [0, 0.1) is 10.1 Å². The largest absolute Gasteiger partial charge is 0.357 e. The molecule has 0 saturated carbocycles. The van der Waals surface area contributed by atoms with Gasteiger partial charge in [0.15, 0.2) is 5.78 Å². The maximum atomic E-state index is 13.9. The van der Waals surface area contributed by atoms with Crippen LogP contribution in [0.15, 0.2) is 84.1 Å². The molecule has 1 aliphatic carbocycles. The molecule has 2 aliphatic rings. The van der Waals surface area contributed by atoms with Gasteiger partial charge in [-0.25, -0.2) is 0 Å². The highest BCUT2D eigenvalue weighted by Gasteiger charge is 2.41. The number of carbonyl (C=O) groups is 2. The standard InChI is InChI=1S/C31H31N3O4/c1-19(35)33-27-11-6-5-10-25(27)32-26-17-22(20-12-14-23(15-13-20)31(2,3)4)18-28(36)29(26)30(33)21-8-7-9-24(16-21)34(37)38/h5-16,22,30,32H,17-18H2,1-4H3/t22-,30-/m0/s1. The van der Waals surface area contributed by atoms with Crippen LogP contribution in [0.25, 0.3) is 0 Å². The van der Waals surface area contributed by atoms with E-state index in [4.69, 9.17) is 0 Å². The Kier molecular flexibility index (Phi) is 6.39. The minimum absolute atomic E-state index is 0.0235. The zero-order valence-electron chi connectivity index (χ0n) is 22.0. The number of nitrogens with zero attached hydrogens (tertiary/aromatic N) is 2. The molecule has 7 nitrogen and oxygen atoms in total. The second kappa shape index (κ2) is 9.56. The van der Waals surface area contributed by atoms with Gasteiger partial charge in [-0.1, -0.05) is 69.3 Å². The molecule has 0 saturated heterocycles. The lowest BCUT2D eigenvalue weighted by atomic mass is 9.77. The number of fused-ring (bicyclic) bond motifs is 1. The lowest BCUT2D eigenvalue weighted by Crippen LogP contribution is -2.37. The first-order valence-corrected chi connectivity index (χ1v) is 12.8. The van der Waals surface area contributed by atoms with Gasteiger partial charge in [0.05, 0.1) is 22.3 Å². The van der Waals surface area contributed by atoms with Crippen LogP contribution in [0.2, 0.25) is 0 Å². The van der Waals surface area contributed by atoms with E-state index >= 15 is 0 Å². The summed E-state index contributed by atoms with van der Waals surface area (Å²) in [6.07, 6.45) is 0.879. The average Bonchev–Trinajstić information content (AvgIpc) is 3.03. The smallest absolute Gasteiger partial charge is 0.269 e. The van der Waals surface area contributed by atoms with E-state index < -0.39 is 11.0 Å². The number of hydrogen-bond donors (Lipinski definition) is 1. The van der Waals surface area contributed by atoms with Crippen molar-refractivity contribution in [1.82, 2.24) is 0 Å². The minimum atomic E-state index is -0.782. The normalized spacial score (nSPS) is 19.3. The number of rotatable bonds is 3. The molecule has 0 unspecified atom stereocenters. The molecule has 38 heavy (non-hydrogen) atoms. The van der Waals surface area contributed by atoms with Crippen molar-refractivity contribution < 1.29 is 14.5 Å². The fraction of sp³-hybridized carbons (Fsp3) is 0.290. The second-order valence-electron chi connectivity index (χ2n) is 11.1. The van der Waals surface area contributed by atoms with Crippen LogP contribution in [0.4, 0.5) is 17.1 Å². The molecule has 1 N–H and O–H groups in total. The summed E-state index contributed by atoms with van der Waals surface area (Å²) in [5.74, 6) is -0.346. The number of anilines is 2. The van der Waals surface area contributed by atoms with E-state index in [0.717, 1.165) is 16.9 Å². The maximum absolute atomic E-state index is 13.9. The molecular formula is C31H31N3O4. The quantitative estimate of drug-likeness (QED) is 0.309. The van der Waals surface area contributed by atoms with Crippen LogP contribution in [0.3, 0.4) is 0 Å². The van der Waals surface area contributed by atoms with Crippen LogP contribution in [-0.4, -0.2) is 16.6 Å². The molecule has 2 atom stereocenters. The fourth-order valence-electron chi connectivity index (χ4n) is 5.55. The summed E-state index contributed by atoms with van der Waals surface area (Å²) in [7, 11) is 0. The number of allylic oxidation sites excluding steroid dienone is 1. The molecule has 0 fully saturated rings. The number of nitro groups is 1. The van der Waals surface area contributed by atoms with Gasteiger partial charge in [0, 0.05) is 36.7 Å². The number of ketones is 1. The van der Waals surface area contributed by atoms with Crippen molar-refractivity contribution in [2.45, 2.75) is 57.9 Å². The predicted octanol–water partition coefficient (Wildman–Crippen LogP) is 6.81. The topological polar surface area (TPSA) is 92.6 Å². The summed E-state index contributed by atoms with van der Waals surface area (Å²) in [5, 5.41) is 15.1. The third-order valence-corrected chi connectivity index (χ3v) is 7.47. The number of nitrogens with one attached hydrogen (secondary N) is 1. The molecule has 0 aromatic heterocycles. The highest BCUT2D eigenvalue weighted by Crippen LogP contribution is 2.47. The van der Waals surface area contributed by atoms with Crippen LogP contribution in [-0.2, 0) is 15.0 Å². The van der Waals surface area contributed by atoms with Crippen LogP contribution in [0.1, 0.15) is 69.2 Å². The van der Waals surface area contributed by atoms with Gasteiger partial charge in [0.2, 0.25) is 5.91 Å². The van der Waals surface area contributed by atoms with Crippen molar-refractivity contribution in [3.63, 3.8) is 0 Å². The van der Waals surface area contributed by atoms with E-state index in [1.54, 1.807) is 17.0 Å². The third-order valence-electron chi connectivity index (χ3n) is 7.47. The van der Waals surface area contributed by atoms with E-state index in [2.05, 4.69) is 50.4 Å². The minimum Gasteiger partial charge on any atom is -0.357 e. The molecule has 0 bridgehead atoms. The molecule has 1 aliphatic heterocycles. The number of amides is 1. The van der Waals surface area contributed by atoms with Gasteiger partial charge in [-0.15, -0.1) is 0 Å². The molecule has 1 amide bonds. The number of para-hydroxylation sites is 2. The van der Waals surface area contributed by atoms with Crippen molar-refractivity contribution in [3.05, 3.63) is 111 Å². The van der Waals surface area contributed by atoms with Crippen LogP contribution >= 0.6 is 0 Å². The van der Waals surface area contributed by atoms with Crippen LogP contribution in [0.5, 0.6) is 0 Å². The molecule has 0 radical (unpaired) electrons. The summed E-state index contributed by atoms with van der Waals surface area (Å²) < 4.78 is 0. The summed E-state index contributed by atoms with van der Waals surface area (Å²) in [4.78, 5) is 39.8. The summed E-state index contributed by atoms with van der Waals surface area (Å²) in [6, 6.07) is 21.4. The number of nitro benzene ring substituents is 1. The van der Waals surface area contributed by atoms with Crippen molar-refractivity contribution in [2.75, 3.05) is 10.2 Å². The fourth-order valence-corrected chi connectivity index (χ4v) is 5.55. The van der Waals surface area contributed by atoms with Crippen molar-refractivity contribution >= 4 is 28.8 Å². The van der Waals surface area contributed by atoms with E-state index in [1.807, 2.05) is 24.3 Å². The number of Topliss-reactive ketones (excluding diaryl/α,β-unsaturated/α-hetero) is 1. The molecular weight excluding hydrogens is 478 g/mol. The Bertz CT molecular complexity index is 1470. The molecule has 3 aromatic carbocycles. The maximum Gasteiger partial charge on any atom is 0.269 e. The van der Waals surface area contributed by atoms with Gasteiger partial charge in [-0.05, 0) is 46.6 Å². The van der Waals surface area contributed by atoms with Crippen molar-refractivity contribution in [2.24, 2.45) is 0 Å². The highest BCUT2D eigenvalue weighted by atomic mass is 16.6. The van der Waals surface area contributed by atoms with E-state index in [-0.39, 0.29) is 28.7 Å². The Balaban J connectivity index is 1.65.